The largest absolute Gasteiger partial charge is 0.328 e. The number of carbonyl (C=O) groups is 2. The molecule has 19 heavy (non-hydrogen) atoms. The van der Waals surface area contributed by atoms with Gasteiger partial charge in [0.25, 0.3) is 11.8 Å². The minimum Gasteiger partial charge on any atom is -0.328 e. The van der Waals surface area contributed by atoms with Crippen LogP contribution < -0.4 is 5.73 Å². The lowest BCUT2D eigenvalue weighted by Gasteiger charge is -2.37. The SMILES string of the molecule is CC(C)CC(C)(CN)N1C(=O)c2ccncc2C1=O. The smallest absolute Gasteiger partial charge is 0.263 e. The lowest BCUT2D eigenvalue weighted by atomic mass is 9.89. The van der Waals surface area contributed by atoms with Crippen molar-refractivity contribution >= 4 is 11.8 Å². The van der Waals surface area contributed by atoms with E-state index < -0.39 is 5.54 Å². The van der Waals surface area contributed by atoms with E-state index in [2.05, 4.69) is 4.98 Å². The number of hydrogen-bond donors (Lipinski definition) is 1. The van der Waals surface area contributed by atoms with E-state index in [0.717, 1.165) is 0 Å². The molecule has 102 valence electrons. The second-order valence-electron chi connectivity index (χ2n) is 5.67. The first-order chi connectivity index (χ1) is 8.90. The first-order valence-corrected chi connectivity index (χ1v) is 6.43. The Kier molecular flexibility index (Phi) is 3.41. The van der Waals surface area contributed by atoms with E-state index in [-0.39, 0.29) is 18.4 Å². The minimum absolute atomic E-state index is 0.254. The molecule has 1 aromatic heterocycles. The summed E-state index contributed by atoms with van der Waals surface area (Å²) in [6, 6.07) is 1.59. The highest BCUT2D eigenvalue weighted by molar-refractivity contribution is 6.21. The minimum atomic E-state index is -0.651. The third-order valence-corrected chi connectivity index (χ3v) is 3.52. The fraction of sp³-hybridized carbons (Fsp3) is 0.500. The molecule has 0 saturated carbocycles. The summed E-state index contributed by atoms with van der Waals surface area (Å²) in [5.41, 5.74) is 5.97. The number of pyridine rings is 1. The maximum Gasteiger partial charge on any atom is 0.263 e. The van der Waals surface area contributed by atoms with Crippen molar-refractivity contribution in [2.75, 3.05) is 6.54 Å². The standard InChI is InChI=1S/C14H19N3O2/c1-9(2)6-14(3,8-15)17-12(18)10-4-5-16-7-11(10)13(17)19/h4-5,7,9H,6,8,15H2,1-3H3. The summed E-state index contributed by atoms with van der Waals surface area (Å²) in [6.07, 6.45) is 3.65. The van der Waals surface area contributed by atoms with Gasteiger partial charge in [0, 0.05) is 18.9 Å². The first-order valence-electron chi connectivity index (χ1n) is 6.43. The molecule has 5 nitrogen and oxygen atoms in total. The highest BCUT2D eigenvalue weighted by atomic mass is 16.2. The Bertz CT molecular complexity index is 492. The number of carbonyl (C=O) groups excluding carboxylic acids is 2. The summed E-state index contributed by atoms with van der Waals surface area (Å²) in [7, 11) is 0. The summed E-state index contributed by atoms with van der Waals surface area (Å²) >= 11 is 0. The molecule has 0 aliphatic carbocycles. The normalized spacial score (nSPS) is 17.8. The second kappa shape index (κ2) is 4.74. The van der Waals surface area contributed by atoms with Crippen molar-refractivity contribution < 1.29 is 9.59 Å². The van der Waals surface area contributed by atoms with Gasteiger partial charge in [0.15, 0.2) is 0 Å². The van der Waals surface area contributed by atoms with Gasteiger partial charge in [-0.2, -0.15) is 0 Å². The third kappa shape index (κ3) is 2.14. The molecule has 2 N–H and O–H groups in total. The molecule has 1 atom stereocenters. The van der Waals surface area contributed by atoms with Crippen LogP contribution >= 0.6 is 0 Å². The van der Waals surface area contributed by atoms with E-state index in [1.165, 1.54) is 17.3 Å². The van der Waals surface area contributed by atoms with Gasteiger partial charge in [-0.15, -0.1) is 0 Å². The second-order valence-corrected chi connectivity index (χ2v) is 5.67. The molecule has 1 aliphatic rings. The van der Waals surface area contributed by atoms with Crippen molar-refractivity contribution in [1.82, 2.24) is 9.88 Å². The molecule has 5 heteroatoms. The molecule has 1 aliphatic heterocycles. The third-order valence-electron chi connectivity index (χ3n) is 3.52. The van der Waals surface area contributed by atoms with Crippen molar-refractivity contribution in [3.05, 3.63) is 29.6 Å². The summed E-state index contributed by atoms with van der Waals surface area (Å²) in [6.45, 7) is 6.22. The summed E-state index contributed by atoms with van der Waals surface area (Å²) in [4.78, 5) is 30.0. The van der Waals surface area contributed by atoms with Crippen molar-refractivity contribution in [3.63, 3.8) is 0 Å². The van der Waals surface area contributed by atoms with Crippen molar-refractivity contribution in [2.45, 2.75) is 32.7 Å². The zero-order valence-electron chi connectivity index (χ0n) is 11.5. The Balaban J connectivity index is 2.43. The van der Waals surface area contributed by atoms with Gasteiger partial charge in [0.05, 0.1) is 16.7 Å². The number of nitrogens with two attached hydrogens (primary N) is 1. The van der Waals surface area contributed by atoms with Gasteiger partial charge < -0.3 is 5.73 Å². The van der Waals surface area contributed by atoms with Crippen LogP contribution in [0.4, 0.5) is 0 Å². The van der Waals surface area contributed by atoms with Crippen LogP contribution in [-0.2, 0) is 0 Å². The fourth-order valence-electron chi connectivity index (χ4n) is 2.72. The molecule has 1 aromatic rings. The number of imide groups is 1. The predicted molar refractivity (Wildman–Crippen MR) is 71.7 cm³/mol. The van der Waals surface area contributed by atoms with Crippen LogP contribution in [0.15, 0.2) is 18.5 Å². The molecule has 0 saturated heterocycles. The lowest BCUT2D eigenvalue weighted by Crippen LogP contribution is -2.55. The van der Waals surface area contributed by atoms with Gasteiger partial charge in [0.1, 0.15) is 0 Å². The van der Waals surface area contributed by atoms with Crippen LogP contribution in [0, 0.1) is 5.92 Å². The highest BCUT2D eigenvalue weighted by Crippen LogP contribution is 2.32. The number of rotatable bonds is 4. The average Bonchev–Trinajstić information content (AvgIpc) is 2.62. The topological polar surface area (TPSA) is 76.3 Å². The monoisotopic (exact) mass is 261 g/mol. The van der Waals surface area contributed by atoms with Gasteiger partial charge in [-0.05, 0) is 25.3 Å². The van der Waals surface area contributed by atoms with Crippen LogP contribution in [0.3, 0.4) is 0 Å². The van der Waals surface area contributed by atoms with Gasteiger partial charge in [0.2, 0.25) is 0 Å². The van der Waals surface area contributed by atoms with Gasteiger partial charge in [-0.1, -0.05) is 13.8 Å². The Morgan fingerprint density at radius 1 is 1.32 bits per heavy atom. The van der Waals surface area contributed by atoms with Crippen molar-refractivity contribution in [2.24, 2.45) is 11.7 Å². The van der Waals surface area contributed by atoms with E-state index in [1.54, 1.807) is 6.07 Å². The zero-order chi connectivity index (χ0) is 14.2. The summed E-state index contributed by atoms with van der Waals surface area (Å²) < 4.78 is 0. The summed E-state index contributed by atoms with van der Waals surface area (Å²) in [5, 5.41) is 0. The van der Waals surface area contributed by atoms with Crippen molar-refractivity contribution in [1.29, 1.82) is 0 Å². The van der Waals surface area contributed by atoms with Crippen LogP contribution in [-0.4, -0.2) is 33.8 Å². The molecule has 2 heterocycles. The predicted octanol–water partition coefficient (Wildman–Crippen LogP) is 1.44. The molecule has 0 spiro atoms. The number of hydrogen-bond acceptors (Lipinski definition) is 4. The number of fused-ring (bicyclic) bond motifs is 1. The van der Waals surface area contributed by atoms with Gasteiger partial charge in [-0.25, -0.2) is 0 Å². The van der Waals surface area contributed by atoms with Crippen LogP contribution in [0.2, 0.25) is 0 Å². The lowest BCUT2D eigenvalue weighted by molar-refractivity contribution is 0.0427. The van der Waals surface area contributed by atoms with E-state index in [1.807, 2.05) is 20.8 Å². The number of aromatic nitrogens is 1. The Morgan fingerprint density at radius 3 is 2.47 bits per heavy atom. The molecule has 2 amide bonds. The first kappa shape index (κ1) is 13.7. The Hall–Kier alpha value is -1.75. The highest BCUT2D eigenvalue weighted by Gasteiger charge is 2.45. The molecule has 1 unspecified atom stereocenters. The maximum absolute atomic E-state index is 12.4. The number of nitrogens with zero attached hydrogens (tertiary/aromatic N) is 2. The maximum atomic E-state index is 12.4. The van der Waals surface area contributed by atoms with Crippen LogP contribution in [0.5, 0.6) is 0 Å². The molecule has 0 radical (unpaired) electrons. The fourth-order valence-corrected chi connectivity index (χ4v) is 2.72. The zero-order valence-corrected chi connectivity index (χ0v) is 11.5. The molecule has 0 bridgehead atoms. The van der Waals surface area contributed by atoms with E-state index in [4.69, 9.17) is 5.73 Å². The molecule has 0 aromatic carbocycles. The molecular weight excluding hydrogens is 242 g/mol. The van der Waals surface area contributed by atoms with E-state index in [9.17, 15) is 9.59 Å². The quantitative estimate of drug-likeness (QED) is 0.832. The molecule has 0 fully saturated rings. The molecule has 2 rings (SSSR count). The van der Waals surface area contributed by atoms with Crippen LogP contribution in [0.25, 0.3) is 0 Å². The van der Waals surface area contributed by atoms with E-state index in [0.29, 0.717) is 23.5 Å². The van der Waals surface area contributed by atoms with Crippen molar-refractivity contribution in [3.8, 4) is 0 Å². The number of amides is 2. The van der Waals surface area contributed by atoms with Crippen LogP contribution in [0.1, 0.15) is 47.9 Å². The Morgan fingerprint density at radius 2 is 1.95 bits per heavy atom. The van der Waals surface area contributed by atoms with Gasteiger partial charge >= 0.3 is 0 Å². The summed E-state index contributed by atoms with van der Waals surface area (Å²) in [5.74, 6) is -0.214. The average molecular weight is 261 g/mol. The van der Waals surface area contributed by atoms with E-state index >= 15 is 0 Å². The Labute approximate surface area is 112 Å². The molecular formula is C14H19N3O2. The van der Waals surface area contributed by atoms with Gasteiger partial charge in [-0.3, -0.25) is 19.5 Å².